The summed E-state index contributed by atoms with van der Waals surface area (Å²) in [6.07, 6.45) is 2.60. The van der Waals surface area contributed by atoms with Crippen molar-refractivity contribution in [1.82, 2.24) is 9.27 Å². The molecule has 1 fully saturated rings. The number of anilines is 1. The van der Waals surface area contributed by atoms with Crippen molar-refractivity contribution in [2.75, 3.05) is 25.0 Å². The number of carboxylic acid groups (broad SMARTS) is 1. The Labute approximate surface area is 111 Å². The van der Waals surface area contributed by atoms with Crippen LogP contribution in [0, 0.1) is 6.92 Å². The van der Waals surface area contributed by atoms with E-state index in [1.807, 2.05) is 0 Å². The number of nitrogens with one attached hydrogen (secondary N) is 1. The normalized spacial score (nSPS) is 15.1. The van der Waals surface area contributed by atoms with Crippen molar-refractivity contribution in [3.8, 4) is 0 Å². The summed E-state index contributed by atoms with van der Waals surface area (Å²) in [5.74, 6) is -0.904. The quantitative estimate of drug-likeness (QED) is 0.793. The highest BCUT2D eigenvalue weighted by Gasteiger charge is 2.27. The van der Waals surface area contributed by atoms with Crippen molar-refractivity contribution in [3.63, 3.8) is 0 Å². The molecule has 0 amide bonds. The maximum absolute atomic E-state index is 11.1. The van der Waals surface area contributed by atoms with Crippen molar-refractivity contribution in [1.29, 1.82) is 0 Å². The second-order valence-electron chi connectivity index (χ2n) is 4.56. The zero-order valence-corrected chi connectivity index (χ0v) is 11.6. The fraction of sp³-hybridized carbons (Fsp3) is 0.667. The third kappa shape index (κ3) is 3.00. The van der Waals surface area contributed by atoms with Crippen LogP contribution in [0.25, 0.3) is 0 Å². The first kappa shape index (κ1) is 13.3. The lowest BCUT2D eigenvalue weighted by Crippen LogP contribution is -2.30. The van der Waals surface area contributed by atoms with E-state index < -0.39 is 5.97 Å². The van der Waals surface area contributed by atoms with Gasteiger partial charge in [0.05, 0.1) is 5.69 Å². The molecular formula is C12H19N3O2S. The second-order valence-corrected chi connectivity index (χ2v) is 5.34. The van der Waals surface area contributed by atoms with Crippen LogP contribution in [0.5, 0.6) is 0 Å². The predicted molar refractivity (Wildman–Crippen MR) is 72.6 cm³/mol. The molecule has 2 rings (SSSR count). The molecule has 0 atom stereocenters. The Morgan fingerprint density at radius 3 is 2.89 bits per heavy atom. The highest BCUT2D eigenvalue weighted by Crippen LogP contribution is 2.27. The Balaban J connectivity index is 1.88. The van der Waals surface area contributed by atoms with Gasteiger partial charge in [0.25, 0.3) is 0 Å². The molecular weight excluding hydrogens is 250 g/mol. The van der Waals surface area contributed by atoms with Gasteiger partial charge in [0.1, 0.15) is 10.6 Å². The van der Waals surface area contributed by atoms with Gasteiger partial charge in [0, 0.05) is 19.1 Å². The monoisotopic (exact) mass is 269 g/mol. The highest BCUT2D eigenvalue weighted by molar-refractivity contribution is 7.10. The number of hydrogen-bond donors (Lipinski definition) is 2. The molecule has 18 heavy (non-hydrogen) atoms. The minimum Gasteiger partial charge on any atom is -0.478 e. The minimum atomic E-state index is -0.904. The Hall–Kier alpha value is -1.14. The number of aromatic nitrogens is 1. The number of carboxylic acids is 1. The summed E-state index contributed by atoms with van der Waals surface area (Å²) in [7, 11) is 0. The molecule has 2 N–H and O–H groups in total. The van der Waals surface area contributed by atoms with E-state index in [-0.39, 0.29) is 0 Å². The summed E-state index contributed by atoms with van der Waals surface area (Å²) in [4.78, 5) is 13.5. The largest absolute Gasteiger partial charge is 0.478 e. The van der Waals surface area contributed by atoms with Crippen LogP contribution in [-0.2, 0) is 0 Å². The molecule has 1 saturated carbocycles. The van der Waals surface area contributed by atoms with E-state index in [0.29, 0.717) is 16.3 Å². The minimum absolute atomic E-state index is 0.314. The Bertz CT molecular complexity index is 429. The molecule has 6 heteroatoms. The van der Waals surface area contributed by atoms with Gasteiger partial charge in [0.2, 0.25) is 0 Å². The molecule has 1 aromatic rings. The summed E-state index contributed by atoms with van der Waals surface area (Å²) < 4.78 is 4.09. The number of nitrogens with zero attached hydrogens (tertiary/aromatic N) is 2. The molecule has 0 aliphatic heterocycles. The van der Waals surface area contributed by atoms with Crippen molar-refractivity contribution >= 4 is 22.5 Å². The predicted octanol–water partition coefficient (Wildman–Crippen LogP) is 2.05. The van der Waals surface area contributed by atoms with Crippen LogP contribution in [0.4, 0.5) is 5.00 Å². The summed E-state index contributed by atoms with van der Waals surface area (Å²) >= 11 is 1.23. The van der Waals surface area contributed by atoms with Gasteiger partial charge in [-0.2, -0.15) is 4.37 Å². The lowest BCUT2D eigenvalue weighted by atomic mass is 10.2. The van der Waals surface area contributed by atoms with Crippen LogP contribution >= 0.6 is 11.5 Å². The summed E-state index contributed by atoms with van der Waals surface area (Å²) in [6, 6.07) is 0.749. The van der Waals surface area contributed by atoms with E-state index in [9.17, 15) is 4.79 Å². The average Bonchev–Trinajstić information content (AvgIpc) is 3.09. The fourth-order valence-electron chi connectivity index (χ4n) is 2.09. The lowest BCUT2D eigenvalue weighted by molar-refractivity contribution is 0.0697. The third-order valence-electron chi connectivity index (χ3n) is 3.23. The van der Waals surface area contributed by atoms with Crippen LogP contribution in [0.15, 0.2) is 0 Å². The fourth-order valence-corrected chi connectivity index (χ4v) is 2.91. The number of aromatic carboxylic acids is 1. The van der Waals surface area contributed by atoms with E-state index in [0.717, 1.165) is 25.7 Å². The summed E-state index contributed by atoms with van der Waals surface area (Å²) in [5, 5.41) is 13.0. The molecule has 1 aliphatic rings. The van der Waals surface area contributed by atoms with Gasteiger partial charge in [-0.05, 0) is 37.8 Å². The van der Waals surface area contributed by atoms with Crippen molar-refractivity contribution < 1.29 is 9.90 Å². The van der Waals surface area contributed by atoms with Crippen LogP contribution in [-0.4, -0.2) is 46.0 Å². The molecule has 1 aromatic heterocycles. The highest BCUT2D eigenvalue weighted by atomic mass is 32.1. The topological polar surface area (TPSA) is 65.5 Å². The van der Waals surface area contributed by atoms with Gasteiger partial charge in [-0.25, -0.2) is 4.79 Å². The number of hydrogen-bond acceptors (Lipinski definition) is 5. The van der Waals surface area contributed by atoms with E-state index in [2.05, 4.69) is 21.5 Å². The molecule has 0 spiro atoms. The number of carbonyl (C=O) groups is 1. The lowest BCUT2D eigenvalue weighted by Gasteiger charge is -2.19. The Kier molecular flexibility index (Phi) is 4.19. The van der Waals surface area contributed by atoms with E-state index in [4.69, 9.17) is 5.11 Å². The van der Waals surface area contributed by atoms with Gasteiger partial charge in [0.15, 0.2) is 0 Å². The molecule has 0 aromatic carbocycles. The first-order chi connectivity index (χ1) is 8.63. The number of aryl methyl sites for hydroxylation is 1. The Morgan fingerprint density at radius 2 is 2.33 bits per heavy atom. The number of likely N-dealkylation sites (N-methyl/N-ethyl adjacent to an activating group) is 1. The number of rotatable bonds is 7. The van der Waals surface area contributed by atoms with E-state index >= 15 is 0 Å². The van der Waals surface area contributed by atoms with Crippen LogP contribution in [0.2, 0.25) is 0 Å². The second kappa shape index (κ2) is 5.67. The van der Waals surface area contributed by atoms with Gasteiger partial charge in [-0.3, -0.25) is 4.90 Å². The summed E-state index contributed by atoms with van der Waals surface area (Å²) in [6.45, 7) is 6.68. The molecule has 100 valence electrons. The zero-order chi connectivity index (χ0) is 13.1. The molecule has 1 heterocycles. The van der Waals surface area contributed by atoms with Crippen molar-refractivity contribution in [3.05, 3.63) is 11.3 Å². The molecule has 5 nitrogen and oxygen atoms in total. The molecule has 0 radical (unpaired) electrons. The average molecular weight is 269 g/mol. The van der Waals surface area contributed by atoms with Crippen LogP contribution in [0.1, 0.15) is 35.8 Å². The maximum Gasteiger partial charge on any atom is 0.340 e. The zero-order valence-electron chi connectivity index (χ0n) is 10.8. The van der Waals surface area contributed by atoms with E-state index in [1.165, 1.54) is 24.4 Å². The van der Waals surface area contributed by atoms with Crippen molar-refractivity contribution in [2.45, 2.75) is 32.7 Å². The Morgan fingerprint density at radius 1 is 1.61 bits per heavy atom. The van der Waals surface area contributed by atoms with Crippen LogP contribution in [0.3, 0.4) is 0 Å². The summed E-state index contributed by atoms with van der Waals surface area (Å²) in [5.41, 5.74) is 0.902. The smallest absolute Gasteiger partial charge is 0.340 e. The van der Waals surface area contributed by atoms with Gasteiger partial charge < -0.3 is 10.4 Å². The maximum atomic E-state index is 11.1. The standard InChI is InChI=1S/C12H19N3O2S/c1-3-15(9-4-5-9)7-6-13-11-10(12(16)17)8(2)14-18-11/h9,13H,3-7H2,1-2H3,(H,16,17). The molecule has 0 unspecified atom stereocenters. The first-order valence-corrected chi connectivity index (χ1v) is 7.08. The molecule has 0 saturated heterocycles. The van der Waals surface area contributed by atoms with Crippen molar-refractivity contribution in [2.24, 2.45) is 0 Å². The molecule has 1 aliphatic carbocycles. The third-order valence-corrected chi connectivity index (χ3v) is 4.13. The first-order valence-electron chi connectivity index (χ1n) is 6.31. The van der Waals surface area contributed by atoms with Gasteiger partial charge in [-0.15, -0.1) is 0 Å². The van der Waals surface area contributed by atoms with E-state index in [1.54, 1.807) is 6.92 Å². The van der Waals surface area contributed by atoms with Gasteiger partial charge in [-0.1, -0.05) is 6.92 Å². The van der Waals surface area contributed by atoms with Crippen LogP contribution < -0.4 is 5.32 Å². The molecule has 0 bridgehead atoms. The SMILES string of the molecule is CCN(CCNc1snc(C)c1C(=O)O)C1CC1. The van der Waals surface area contributed by atoms with Gasteiger partial charge >= 0.3 is 5.97 Å².